The first kappa shape index (κ1) is 21.8. The molecule has 0 N–H and O–H groups in total. The normalized spacial score (nSPS) is 25.7. The largest absolute Gasteiger partial charge is 0.303 e. The molecule has 2 saturated heterocycles. The first-order chi connectivity index (χ1) is 13.3. The Bertz CT molecular complexity index is 724. The van der Waals surface area contributed by atoms with Gasteiger partial charge in [0.05, 0.1) is 4.90 Å². The van der Waals surface area contributed by atoms with Gasteiger partial charge in [-0.25, -0.2) is 8.42 Å². The lowest BCUT2D eigenvalue weighted by atomic mass is 9.64. The standard InChI is InChI=1S/C23H38N2O2S/c1-5-7-9-19-10-12-22(13-11-19)28(26,27)25-17-20-15-24(14-8-6-2)16-21(18-25)23(20,3)4/h10-13,20-21H,5-9,14-18H2,1-4H3. The first-order valence-corrected chi connectivity index (χ1v) is 12.5. The van der Waals surface area contributed by atoms with Gasteiger partial charge in [-0.3, -0.25) is 0 Å². The zero-order valence-electron chi connectivity index (χ0n) is 18.2. The van der Waals surface area contributed by atoms with Gasteiger partial charge in [0.25, 0.3) is 0 Å². The van der Waals surface area contributed by atoms with Crippen molar-refractivity contribution in [3.63, 3.8) is 0 Å². The molecule has 2 atom stereocenters. The van der Waals surface area contributed by atoms with Crippen LogP contribution in [0.3, 0.4) is 0 Å². The average molecular weight is 407 g/mol. The van der Waals surface area contributed by atoms with E-state index in [1.54, 1.807) is 4.31 Å². The van der Waals surface area contributed by atoms with E-state index in [9.17, 15) is 8.42 Å². The molecule has 2 heterocycles. The predicted octanol–water partition coefficient (Wildman–Crippen LogP) is 4.41. The molecule has 2 bridgehead atoms. The quantitative estimate of drug-likeness (QED) is 0.642. The molecule has 0 spiro atoms. The summed E-state index contributed by atoms with van der Waals surface area (Å²) >= 11 is 0. The fourth-order valence-corrected chi connectivity index (χ4v) is 6.30. The maximum Gasteiger partial charge on any atom is 0.243 e. The van der Waals surface area contributed by atoms with Gasteiger partial charge in [-0.05, 0) is 60.8 Å². The molecule has 1 aromatic rings. The Morgan fingerprint density at radius 1 is 0.929 bits per heavy atom. The van der Waals surface area contributed by atoms with E-state index < -0.39 is 10.0 Å². The van der Waals surface area contributed by atoms with E-state index >= 15 is 0 Å². The second kappa shape index (κ2) is 8.85. The van der Waals surface area contributed by atoms with Crippen molar-refractivity contribution in [3.8, 4) is 0 Å². The van der Waals surface area contributed by atoms with E-state index in [4.69, 9.17) is 0 Å². The van der Waals surface area contributed by atoms with Crippen LogP contribution in [0.25, 0.3) is 0 Å². The van der Waals surface area contributed by atoms with Gasteiger partial charge >= 0.3 is 0 Å². The molecule has 28 heavy (non-hydrogen) atoms. The minimum Gasteiger partial charge on any atom is -0.303 e. The predicted molar refractivity (Wildman–Crippen MR) is 116 cm³/mol. The number of sulfonamides is 1. The van der Waals surface area contributed by atoms with Crippen LogP contribution in [0.1, 0.15) is 58.9 Å². The van der Waals surface area contributed by atoms with Crippen LogP contribution >= 0.6 is 0 Å². The van der Waals surface area contributed by atoms with Gasteiger partial charge in [-0.2, -0.15) is 4.31 Å². The lowest BCUT2D eigenvalue weighted by molar-refractivity contribution is -0.0493. The number of rotatable bonds is 8. The summed E-state index contributed by atoms with van der Waals surface area (Å²) in [4.78, 5) is 3.02. The fourth-order valence-electron chi connectivity index (χ4n) is 4.77. The van der Waals surface area contributed by atoms with Gasteiger partial charge in [0, 0.05) is 26.2 Å². The molecule has 0 aromatic heterocycles. The fraction of sp³-hybridized carbons (Fsp3) is 0.739. The number of nitrogens with zero attached hydrogens (tertiary/aromatic N) is 2. The van der Waals surface area contributed by atoms with Gasteiger partial charge in [-0.1, -0.05) is 52.7 Å². The van der Waals surface area contributed by atoms with Gasteiger partial charge in [0.15, 0.2) is 0 Å². The van der Waals surface area contributed by atoms with Gasteiger partial charge in [-0.15, -0.1) is 0 Å². The van der Waals surface area contributed by atoms with E-state index in [0.29, 0.717) is 29.8 Å². The lowest BCUT2D eigenvalue weighted by Gasteiger charge is -2.55. The zero-order chi connectivity index (χ0) is 20.4. The highest BCUT2D eigenvalue weighted by Crippen LogP contribution is 2.45. The summed E-state index contributed by atoms with van der Waals surface area (Å²) in [5, 5.41) is 0. The third kappa shape index (κ3) is 4.47. The molecule has 1 aromatic carbocycles. The molecule has 0 amide bonds. The molecule has 5 heteroatoms. The summed E-state index contributed by atoms with van der Waals surface area (Å²) in [6.45, 7) is 13.6. The monoisotopic (exact) mass is 406 g/mol. The Hall–Kier alpha value is -0.910. The SMILES string of the molecule is CCCCc1ccc(S(=O)(=O)N2CC3CN(CCCC)CC(C2)C3(C)C)cc1. The van der Waals surface area contributed by atoms with Gasteiger partial charge in [0.1, 0.15) is 0 Å². The maximum atomic E-state index is 13.3. The Morgan fingerprint density at radius 2 is 1.50 bits per heavy atom. The summed E-state index contributed by atoms with van der Waals surface area (Å²) < 4.78 is 28.4. The van der Waals surface area contributed by atoms with Gasteiger partial charge < -0.3 is 4.90 Å². The Kier molecular flexibility index (Phi) is 6.88. The number of hydrogen-bond acceptors (Lipinski definition) is 3. The smallest absolute Gasteiger partial charge is 0.243 e. The molecule has 0 aliphatic carbocycles. The van der Waals surface area contributed by atoms with Crippen molar-refractivity contribution in [2.45, 2.75) is 64.7 Å². The third-order valence-electron chi connectivity index (χ3n) is 7.12. The molecule has 2 aliphatic heterocycles. The summed E-state index contributed by atoms with van der Waals surface area (Å²) in [6.07, 6.45) is 5.76. The molecule has 0 radical (unpaired) electrons. The number of fused-ring (bicyclic) bond motifs is 2. The molecule has 3 rings (SSSR count). The highest BCUT2D eigenvalue weighted by Gasteiger charge is 2.49. The van der Waals surface area contributed by atoms with E-state index in [1.807, 2.05) is 24.3 Å². The minimum absolute atomic E-state index is 0.207. The van der Waals surface area contributed by atoms with Crippen LogP contribution in [0.2, 0.25) is 0 Å². The van der Waals surface area contributed by atoms with E-state index in [-0.39, 0.29) is 5.41 Å². The second-order valence-corrected chi connectivity index (χ2v) is 11.3. The lowest BCUT2D eigenvalue weighted by Crippen LogP contribution is -2.62. The van der Waals surface area contributed by atoms with Crippen LogP contribution in [0, 0.1) is 17.3 Å². The number of likely N-dealkylation sites (tertiary alicyclic amines) is 1. The van der Waals surface area contributed by atoms with E-state index in [2.05, 4.69) is 32.6 Å². The molecule has 4 nitrogen and oxygen atoms in total. The van der Waals surface area contributed by atoms with Crippen molar-refractivity contribution < 1.29 is 8.42 Å². The summed E-state index contributed by atoms with van der Waals surface area (Å²) in [5.74, 6) is 0.797. The summed E-state index contributed by atoms with van der Waals surface area (Å²) in [6, 6.07) is 7.60. The van der Waals surface area contributed by atoms with Crippen LogP contribution in [0.5, 0.6) is 0 Å². The zero-order valence-corrected chi connectivity index (χ0v) is 19.0. The van der Waals surface area contributed by atoms with E-state index in [1.165, 1.54) is 18.4 Å². The maximum absolute atomic E-state index is 13.3. The highest BCUT2D eigenvalue weighted by molar-refractivity contribution is 7.89. The van der Waals surface area contributed by atoms with Crippen LogP contribution in [0.15, 0.2) is 29.2 Å². The summed E-state index contributed by atoms with van der Waals surface area (Å²) in [7, 11) is -3.41. The highest BCUT2D eigenvalue weighted by atomic mass is 32.2. The Morgan fingerprint density at radius 3 is 2.04 bits per heavy atom. The number of piperidine rings is 2. The molecule has 2 fully saturated rings. The molecule has 2 aliphatic rings. The number of hydrogen-bond donors (Lipinski definition) is 0. The van der Waals surface area contributed by atoms with Crippen LogP contribution in [0.4, 0.5) is 0 Å². The molecular formula is C23H38N2O2S. The van der Waals surface area contributed by atoms with Crippen molar-refractivity contribution in [2.24, 2.45) is 17.3 Å². The van der Waals surface area contributed by atoms with Crippen molar-refractivity contribution in [1.29, 1.82) is 0 Å². The molecule has 2 unspecified atom stereocenters. The minimum atomic E-state index is -3.41. The number of aryl methyl sites for hydroxylation is 1. The molecular weight excluding hydrogens is 368 g/mol. The number of unbranched alkanes of at least 4 members (excludes halogenated alkanes) is 2. The topological polar surface area (TPSA) is 40.6 Å². The van der Waals surface area contributed by atoms with Crippen molar-refractivity contribution in [2.75, 3.05) is 32.7 Å². The van der Waals surface area contributed by atoms with Crippen molar-refractivity contribution in [3.05, 3.63) is 29.8 Å². The van der Waals surface area contributed by atoms with Crippen molar-refractivity contribution >= 4 is 10.0 Å². The van der Waals surface area contributed by atoms with Gasteiger partial charge in [0.2, 0.25) is 10.0 Å². The van der Waals surface area contributed by atoms with Crippen LogP contribution < -0.4 is 0 Å². The average Bonchev–Trinajstić information content (AvgIpc) is 2.64. The summed E-state index contributed by atoms with van der Waals surface area (Å²) in [5.41, 5.74) is 1.43. The Labute approximate surface area is 172 Å². The van der Waals surface area contributed by atoms with E-state index in [0.717, 1.165) is 38.9 Å². The molecule has 158 valence electrons. The third-order valence-corrected chi connectivity index (χ3v) is 8.96. The Balaban J connectivity index is 1.74. The van der Waals surface area contributed by atoms with Crippen molar-refractivity contribution in [1.82, 2.24) is 9.21 Å². The van der Waals surface area contributed by atoms with Crippen LogP contribution in [-0.2, 0) is 16.4 Å². The first-order valence-electron chi connectivity index (χ1n) is 11.1. The second-order valence-electron chi connectivity index (χ2n) is 9.40. The number of benzene rings is 1. The van der Waals surface area contributed by atoms with Crippen LogP contribution in [-0.4, -0.2) is 50.3 Å². The molecule has 0 saturated carbocycles.